The topological polar surface area (TPSA) is 46.6 Å². The molecule has 0 N–H and O–H groups in total. The molecule has 0 spiro atoms. The zero-order valence-corrected chi connectivity index (χ0v) is 11.3. The fourth-order valence-electron chi connectivity index (χ4n) is 1.19. The van der Waals surface area contributed by atoms with Gasteiger partial charge < -0.3 is 9.64 Å². The Balaban J connectivity index is 2.55. The third-order valence-electron chi connectivity index (χ3n) is 1.89. The largest absolute Gasteiger partial charge is 0.453 e. The first-order valence-corrected chi connectivity index (χ1v) is 6.18. The van der Waals surface area contributed by atoms with Crippen LogP contribution in [0.2, 0.25) is 0 Å². The number of ether oxygens (including phenoxy) is 1. The van der Waals surface area contributed by atoms with Gasteiger partial charge in [-0.1, -0.05) is 6.07 Å². The van der Waals surface area contributed by atoms with Crippen molar-refractivity contribution in [1.29, 1.82) is 0 Å². The number of amides is 1. The molecule has 0 aromatic carbocycles. The number of hydrogen-bond donors (Lipinski definition) is 0. The zero-order valence-electron chi connectivity index (χ0n) is 10.5. The van der Waals surface area contributed by atoms with Crippen LogP contribution in [0.25, 0.3) is 0 Å². The van der Waals surface area contributed by atoms with Crippen molar-refractivity contribution in [2.45, 2.75) is 32.9 Å². The summed E-state index contributed by atoms with van der Waals surface area (Å²) in [5.74, 6) is -1.43. The van der Waals surface area contributed by atoms with Crippen molar-refractivity contribution in [2.24, 2.45) is 0 Å². The summed E-state index contributed by atoms with van der Waals surface area (Å²) in [7, 11) is 1.59. The monoisotopic (exact) mass is 255 g/mol. The molecule has 5 heteroatoms. The summed E-state index contributed by atoms with van der Waals surface area (Å²) in [5.41, 5.74) is -0.642. The van der Waals surface area contributed by atoms with Gasteiger partial charge in [-0.05, 0) is 32.2 Å². The lowest BCUT2D eigenvalue weighted by Gasteiger charge is -2.21. The van der Waals surface area contributed by atoms with E-state index >= 15 is 0 Å². The first kappa shape index (κ1) is 13.7. The van der Waals surface area contributed by atoms with Crippen LogP contribution in [0.3, 0.4) is 0 Å². The lowest BCUT2D eigenvalue weighted by Crippen LogP contribution is -2.37. The Morgan fingerprint density at radius 3 is 2.53 bits per heavy atom. The average Bonchev–Trinajstić information content (AvgIpc) is 2.66. The van der Waals surface area contributed by atoms with Gasteiger partial charge in [-0.25, -0.2) is 4.79 Å². The van der Waals surface area contributed by atoms with E-state index in [0.29, 0.717) is 6.54 Å². The van der Waals surface area contributed by atoms with Gasteiger partial charge in [0.1, 0.15) is 5.60 Å². The molecule has 0 aliphatic carbocycles. The SMILES string of the molecule is CN(Cc1cccs1)C(=O)C(=O)OC(C)(C)C. The van der Waals surface area contributed by atoms with Crippen LogP contribution in [0.4, 0.5) is 0 Å². The Morgan fingerprint density at radius 2 is 2.06 bits per heavy atom. The molecule has 4 nitrogen and oxygen atoms in total. The van der Waals surface area contributed by atoms with E-state index in [1.54, 1.807) is 39.2 Å². The second-order valence-electron chi connectivity index (χ2n) is 4.74. The average molecular weight is 255 g/mol. The highest BCUT2D eigenvalue weighted by molar-refractivity contribution is 7.09. The van der Waals surface area contributed by atoms with Gasteiger partial charge in [0.2, 0.25) is 0 Å². The van der Waals surface area contributed by atoms with Crippen LogP contribution in [0, 0.1) is 0 Å². The lowest BCUT2D eigenvalue weighted by molar-refractivity contribution is -0.167. The molecule has 0 radical (unpaired) electrons. The molecule has 0 fully saturated rings. The van der Waals surface area contributed by atoms with Gasteiger partial charge in [-0.3, -0.25) is 4.79 Å². The number of carbonyl (C=O) groups is 2. The van der Waals surface area contributed by atoms with Crippen molar-refractivity contribution in [3.8, 4) is 0 Å². The summed E-state index contributed by atoms with van der Waals surface area (Å²) in [4.78, 5) is 25.6. The van der Waals surface area contributed by atoms with Crippen molar-refractivity contribution in [3.63, 3.8) is 0 Å². The van der Waals surface area contributed by atoms with Crippen molar-refractivity contribution >= 4 is 23.2 Å². The summed E-state index contributed by atoms with van der Waals surface area (Å²) >= 11 is 1.55. The number of thiophene rings is 1. The smallest absolute Gasteiger partial charge is 0.397 e. The Morgan fingerprint density at radius 1 is 1.41 bits per heavy atom. The summed E-state index contributed by atoms with van der Waals surface area (Å²) in [6, 6.07) is 3.83. The van der Waals surface area contributed by atoms with E-state index in [0.717, 1.165) is 4.88 Å². The van der Waals surface area contributed by atoms with Gasteiger partial charge in [0, 0.05) is 11.9 Å². The molecular weight excluding hydrogens is 238 g/mol. The van der Waals surface area contributed by atoms with Crippen LogP contribution in [-0.4, -0.2) is 29.4 Å². The van der Waals surface area contributed by atoms with Crippen LogP contribution in [0.1, 0.15) is 25.6 Å². The minimum absolute atomic E-state index is 0.426. The minimum Gasteiger partial charge on any atom is -0.453 e. The number of esters is 1. The van der Waals surface area contributed by atoms with Crippen molar-refractivity contribution in [1.82, 2.24) is 4.90 Å². The van der Waals surface area contributed by atoms with Gasteiger partial charge in [-0.2, -0.15) is 0 Å². The van der Waals surface area contributed by atoms with Crippen LogP contribution in [-0.2, 0) is 20.9 Å². The molecule has 0 aliphatic heterocycles. The van der Waals surface area contributed by atoms with E-state index in [9.17, 15) is 9.59 Å². The molecule has 17 heavy (non-hydrogen) atoms. The second-order valence-corrected chi connectivity index (χ2v) is 5.77. The van der Waals surface area contributed by atoms with E-state index in [4.69, 9.17) is 4.74 Å². The first-order valence-electron chi connectivity index (χ1n) is 5.30. The third-order valence-corrected chi connectivity index (χ3v) is 2.75. The maximum Gasteiger partial charge on any atom is 0.397 e. The second kappa shape index (κ2) is 5.31. The number of nitrogens with zero attached hydrogens (tertiary/aromatic N) is 1. The predicted molar refractivity (Wildman–Crippen MR) is 66.6 cm³/mol. The highest BCUT2D eigenvalue weighted by Gasteiger charge is 2.25. The van der Waals surface area contributed by atoms with E-state index < -0.39 is 17.5 Å². The Kier molecular flexibility index (Phi) is 4.28. The molecule has 1 amide bonds. The van der Waals surface area contributed by atoms with Crippen molar-refractivity contribution < 1.29 is 14.3 Å². The number of likely N-dealkylation sites (N-methyl/N-ethyl adjacent to an activating group) is 1. The predicted octanol–water partition coefficient (Wildman–Crippen LogP) is 2.05. The van der Waals surface area contributed by atoms with Gasteiger partial charge in [0.05, 0.1) is 6.54 Å². The van der Waals surface area contributed by atoms with Gasteiger partial charge in [0.25, 0.3) is 0 Å². The van der Waals surface area contributed by atoms with Crippen LogP contribution >= 0.6 is 11.3 Å². The van der Waals surface area contributed by atoms with Crippen molar-refractivity contribution in [3.05, 3.63) is 22.4 Å². The normalized spacial score (nSPS) is 11.1. The number of carbonyl (C=O) groups excluding carboxylic acids is 2. The molecule has 1 rings (SSSR count). The number of rotatable bonds is 2. The first-order chi connectivity index (χ1) is 7.79. The Labute approximate surface area is 105 Å². The molecule has 1 heterocycles. The highest BCUT2D eigenvalue weighted by atomic mass is 32.1. The van der Waals surface area contributed by atoms with Gasteiger partial charge in [-0.15, -0.1) is 11.3 Å². The summed E-state index contributed by atoms with van der Waals surface area (Å²) in [6.45, 7) is 5.63. The lowest BCUT2D eigenvalue weighted by atomic mass is 10.2. The van der Waals surface area contributed by atoms with E-state index in [1.165, 1.54) is 4.90 Å². The quantitative estimate of drug-likeness (QED) is 0.600. The van der Waals surface area contributed by atoms with E-state index in [-0.39, 0.29) is 0 Å². The molecule has 0 saturated heterocycles. The molecule has 0 saturated carbocycles. The van der Waals surface area contributed by atoms with Gasteiger partial charge >= 0.3 is 11.9 Å². The summed E-state index contributed by atoms with van der Waals surface area (Å²) < 4.78 is 5.01. The Hall–Kier alpha value is -1.36. The number of hydrogen-bond acceptors (Lipinski definition) is 4. The standard InChI is InChI=1S/C12H17NO3S/c1-12(2,3)16-11(15)10(14)13(4)8-9-6-5-7-17-9/h5-7H,8H2,1-4H3. The molecule has 0 atom stereocenters. The van der Waals surface area contributed by atoms with Crippen molar-refractivity contribution in [2.75, 3.05) is 7.05 Å². The molecule has 94 valence electrons. The third kappa shape index (κ3) is 4.56. The van der Waals surface area contributed by atoms with E-state index in [1.807, 2.05) is 17.5 Å². The molecule has 0 aliphatic rings. The zero-order chi connectivity index (χ0) is 13.1. The van der Waals surface area contributed by atoms with Crippen LogP contribution in [0.15, 0.2) is 17.5 Å². The molecule has 1 aromatic rings. The maximum atomic E-state index is 11.7. The van der Waals surface area contributed by atoms with Gasteiger partial charge in [0.15, 0.2) is 0 Å². The fourth-order valence-corrected chi connectivity index (χ4v) is 1.94. The van der Waals surface area contributed by atoms with E-state index in [2.05, 4.69) is 0 Å². The fraction of sp³-hybridized carbons (Fsp3) is 0.500. The minimum atomic E-state index is -0.809. The Bertz CT molecular complexity index is 392. The van der Waals surface area contributed by atoms with Crippen LogP contribution in [0.5, 0.6) is 0 Å². The highest BCUT2D eigenvalue weighted by Crippen LogP contribution is 2.12. The molecular formula is C12H17NO3S. The molecule has 0 unspecified atom stereocenters. The van der Waals surface area contributed by atoms with Crippen LogP contribution < -0.4 is 0 Å². The maximum absolute atomic E-state index is 11.7. The summed E-state index contributed by atoms with van der Waals surface area (Å²) in [5, 5.41) is 1.93. The summed E-state index contributed by atoms with van der Waals surface area (Å²) in [6.07, 6.45) is 0. The molecule has 0 bridgehead atoms. The molecule has 1 aromatic heterocycles.